The van der Waals surface area contributed by atoms with Crippen LogP contribution in [0.15, 0.2) is 120 Å². The third kappa shape index (κ3) is 7.85. The molecule has 0 amide bonds. The standard InChI is InChI=1S/C37H40N2O5/c1-40-32-19-17-27(18-20-32)22-38-37-39-34-33(44-37)21-31(26-41-23-28-11-5-2-6-12-28)35(42-24-29-13-7-3-8-14-29)36(34)43-25-30-15-9-4-10-16-30/h2-20,31,33-36H,21-26H2,1H3,(H,38,39)/t31-,33+,34+,35-,36-/m1/s1. The number of rotatable bonds is 13. The van der Waals surface area contributed by atoms with E-state index in [4.69, 9.17) is 28.7 Å². The maximum atomic E-state index is 6.72. The van der Waals surface area contributed by atoms with Crippen molar-refractivity contribution >= 4 is 6.02 Å². The predicted octanol–water partition coefficient (Wildman–Crippen LogP) is 6.32. The van der Waals surface area contributed by atoms with Crippen LogP contribution < -0.4 is 10.1 Å². The van der Waals surface area contributed by atoms with Gasteiger partial charge >= 0.3 is 0 Å². The summed E-state index contributed by atoms with van der Waals surface area (Å²) in [5.74, 6) is 0.885. The lowest BCUT2D eigenvalue weighted by Gasteiger charge is -2.42. The Morgan fingerprint density at radius 2 is 1.25 bits per heavy atom. The summed E-state index contributed by atoms with van der Waals surface area (Å²) in [6, 6.07) is 39.1. The smallest absolute Gasteiger partial charge is 0.285 e. The van der Waals surface area contributed by atoms with Crippen molar-refractivity contribution in [2.75, 3.05) is 13.7 Å². The fourth-order valence-corrected chi connectivity index (χ4v) is 5.86. The molecule has 0 aromatic heterocycles. The van der Waals surface area contributed by atoms with Gasteiger partial charge in [0.05, 0.1) is 39.6 Å². The van der Waals surface area contributed by atoms with Crippen molar-refractivity contribution < 1.29 is 23.7 Å². The third-order valence-corrected chi connectivity index (χ3v) is 8.19. The van der Waals surface area contributed by atoms with Crippen LogP contribution in [0.5, 0.6) is 5.75 Å². The lowest BCUT2D eigenvalue weighted by molar-refractivity contribution is -0.162. The van der Waals surface area contributed by atoms with Crippen molar-refractivity contribution in [1.29, 1.82) is 0 Å². The average molecular weight is 593 g/mol. The van der Waals surface area contributed by atoms with Crippen LogP contribution >= 0.6 is 0 Å². The third-order valence-electron chi connectivity index (χ3n) is 8.19. The minimum absolute atomic E-state index is 0.0561. The summed E-state index contributed by atoms with van der Waals surface area (Å²) in [5.41, 5.74) is 4.48. The van der Waals surface area contributed by atoms with Crippen LogP contribution in [-0.4, -0.2) is 44.1 Å². The van der Waals surface area contributed by atoms with Crippen molar-refractivity contribution in [3.63, 3.8) is 0 Å². The van der Waals surface area contributed by atoms with Gasteiger partial charge in [-0.25, -0.2) is 4.99 Å². The highest BCUT2D eigenvalue weighted by molar-refractivity contribution is 5.76. The minimum Gasteiger partial charge on any atom is -0.497 e. The Morgan fingerprint density at radius 3 is 1.84 bits per heavy atom. The molecule has 228 valence electrons. The zero-order valence-electron chi connectivity index (χ0n) is 25.1. The first-order valence-corrected chi connectivity index (χ1v) is 15.3. The minimum atomic E-state index is -0.316. The molecule has 0 radical (unpaired) electrons. The van der Waals surface area contributed by atoms with E-state index in [-0.39, 0.29) is 30.3 Å². The number of benzene rings is 4. The first-order valence-electron chi connectivity index (χ1n) is 15.3. The van der Waals surface area contributed by atoms with Crippen LogP contribution in [0, 0.1) is 5.92 Å². The lowest BCUT2D eigenvalue weighted by Crippen LogP contribution is -2.55. The van der Waals surface area contributed by atoms with Crippen LogP contribution in [0.2, 0.25) is 0 Å². The number of amidine groups is 1. The first-order chi connectivity index (χ1) is 21.7. The molecular formula is C37H40N2O5. The van der Waals surface area contributed by atoms with Crippen LogP contribution in [0.3, 0.4) is 0 Å². The molecule has 1 saturated carbocycles. The van der Waals surface area contributed by atoms with Crippen molar-refractivity contribution in [3.05, 3.63) is 138 Å². The number of hydrogen-bond acceptors (Lipinski definition) is 7. The normalized spacial score (nSPS) is 22.5. The number of ether oxygens (including phenoxy) is 5. The molecule has 4 aromatic carbocycles. The van der Waals surface area contributed by atoms with Gasteiger partial charge in [0.2, 0.25) is 0 Å². The summed E-state index contributed by atoms with van der Waals surface area (Å²) in [4.78, 5) is 5.03. The Morgan fingerprint density at radius 1 is 0.682 bits per heavy atom. The van der Waals surface area contributed by atoms with Gasteiger partial charge in [-0.05, 0) is 40.8 Å². The summed E-state index contributed by atoms with van der Waals surface area (Å²) in [5, 5.41) is 3.40. The zero-order chi connectivity index (χ0) is 30.0. The van der Waals surface area contributed by atoms with E-state index in [0.29, 0.717) is 39.0 Å². The molecule has 0 spiro atoms. The molecule has 0 bridgehead atoms. The fraction of sp³-hybridized carbons (Fsp3) is 0.324. The Balaban J connectivity index is 1.21. The van der Waals surface area contributed by atoms with E-state index >= 15 is 0 Å². The van der Waals surface area contributed by atoms with E-state index < -0.39 is 0 Å². The Bertz CT molecular complexity index is 1450. The lowest BCUT2D eigenvalue weighted by atomic mass is 9.79. The Labute approximate surface area is 259 Å². The van der Waals surface area contributed by atoms with Gasteiger partial charge in [-0.1, -0.05) is 103 Å². The highest BCUT2D eigenvalue weighted by Crippen LogP contribution is 2.37. The second-order valence-corrected chi connectivity index (χ2v) is 11.3. The van der Waals surface area contributed by atoms with Gasteiger partial charge < -0.3 is 29.0 Å². The molecule has 44 heavy (non-hydrogen) atoms. The maximum Gasteiger partial charge on any atom is 0.285 e. The number of nitrogens with zero attached hydrogens (tertiary/aromatic N) is 1. The quantitative estimate of drug-likeness (QED) is 0.196. The number of nitrogens with one attached hydrogen (secondary N) is 1. The molecule has 1 fully saturated rings. The zero-order valence-corrected chi connectivity index (χ0v) is 25.1. The van der Waals surface area contributed by atoms with Gasteiger partial charge in [-0.2, -0.15) is 0 Å². The molecule has 5 atom stereocenters. The van der Waals surface area contributed by atoms with Crippen molar-refractivity contribution in [2.24, 2.45) is 10.9 Å². The number of aliphatic imine (C=N–C) groups is 1. The monoisotopic (exact) mass is 592 g/mol. The van der Waals surface area contributed by atoms with Gasteiger partial charge in [0.15, 0.2) is 0 Å². The van der Waals surface area contributed by atoms with E-state index in [1.165, 1.54) is 0 Å². The second kappa shape index (κ2) is 15.0. The molecular weight excluding hydrogens is 552 g/mol. The van der Waals surface area contributed by atoms with Gasteiger partial charge in [-0.15, -0.1) is 0 Å². The molecule has 1 aliphatic carbocycles. The molecule has 0 unspecified atom stereocenters. The van der Waals surface area contributed by atoms with Gasteiger partial charge in [0.1, 0.15) is 24.0 Å². The van der Waals surface area contributed by atoms with Crippen molar-refractivity contribution in [3.8, 4) is 5.75 Å². The number of hydrogen-bond donors (Lipinski definition) is 1. The largest absolute Gasteiger partial charge is 0.497 e. The van der Waals surface area contributed by atoms with Gasteiger partial charge in [0, 0.05) is 12.5 Å². The molecule has 2 aliphatic rings. The van der Waals surface area contributed by atoms with Crippen LogP contribution in [0.1, 0.15) is 28.7 Å². The SMILES string of the molecule is COc1ccc(CNC2=N[C@@H]3[C@@H](OCc4ccccc4)[C@H](OCc4ccccc4)[C@@H](COCc4ccccc4)C[C@@H]3O2)cc1. The van der Waals surface area contributed by atoms with Crippen LogP contribution in [-0.2, 0) is 45.3 Å². The van der Waals surface area contributed by atoms with Crippen molar-refractivity contribution in [1.82, 2.24) is 5.32 Å². The molecule has 0 saturated heterocycles. The van der Waals surface area contributed by atoms with E-state index in [0.717, 1.165) is 34.4 Å². The maximum absolute atomic E-state index is 6.72. The average Bonchev–Trinajstić information content (AvgIpc) is 3.50. The molecule has 4 aromatic rings. The summed E-state index contributed by atoms with van der Waals surface area (Å²) < 4.78 is 31.5. The molecule has 7 nitrogen and oxygen atoms in total. The first kappa shape index (κ1) is 29.9. The van der Waals surface area contributed by atoms with Gasteiger partial charge in [-0.3, -0.25) is 0 Å². The Hall–Kier alpha value is -4.17. The van der Waals surface area contributed by atoms with E-state index in [1.807, 2.05) is 78.9 Å². The molecule has 7 heteroatoms. The summed E-state index contributed by atoms with van der Waals surface area (Å²) >= 11 is 0. The molecule has 6 rings (SSSR count). The second-order valence-electron chi connectivity index (χ2n) is 11.3. The van der Waals surface area contributed by atoms with Crippen LogP contribution in [0.4, 0.5) is 0 Å². The summed E-state index contributed by atoms with van der Waals surface area (Å²) in [6.45, 7) is 2.60. The highest BCUT2D eigenvalue weighted by Gasteiger charge is 2.50. The highest BCUT2D eigenvalue weighted by atomic mass is 16.6. The number of methoxy groups -OCH3 is 1. The summed E-state index contributed by atoms with van der Waals surface area (Å²) in [7, 11) is 1.67. The van der Waals surface area contributed by atoms with Crippen LogP contribution in [0.25, 0.3) is 0 Å². The van der Waals surface area contributed by atoms with E-state index in [2.05, 4.69) is 41.7 Å². The molecule has 1 heterocycles. The van der Waals surface area contributed by atoms with Gasteiger partial charge in [0.25, 0.3) is 6.02 Å². The fourth-order valence-electron chi connectivity index (χ4n) is 5.86. The summed E-state index contributed by atoms with van der Waals surface area (Å²) in [6.07, 6.45) is 0.0602. The predicted molar refractivity (Wildman–Crippen MR) is 170 cm³/mol. The van der Waals surface area contributed by atoms with E-state index in [1.54, 1.807) is 7.11 Å². The molecule has 1 aliphatic heterocycles. The number of fused-ring (bicyclic) bond motifs is 1. The van der Waals surface area contributed by atoms with Crippen molar-refractivity contribution in [2.45, 2.75) is 57.1 Å². The Kier molecular flexibility index (Phi) is 10.2. The topological polar surface area (TPSA) is 70.5 Å². The van der Waals surface area contributed by atoms with E-state index in [9.17, 15) is 0 Å². The molecule has 1 N–H and O–H groups in total.